The van der Waals surface area contributed by atoms with Crippen LogP contribution in [0.25, 0.3) is 10.9 Å². The minimum atomic E-state index is -4.67. The summed E-state index contributed by atoms with van der Waals surface area (Å²) in [6.07, 6.45) is 2.68. The molecule has 0 saturated heterocycles. The third-order valence-electron chi connectivity index (χ3n) is 5.95. The molecule has 3 aromatic rings. The van der Waals surface area contributed by atoms with Crippen LogP contribution in [0.2, 0.25) is 0 Å². The smallest absolute Gasteiger partial charge is 0.420 e. The van der Waals surface area contributed by atoms with Crippen LogP contribution in [-0.2, 0) is 17.4 Å². The molecule has 2 N–H and O–H groups in total. The van der Waals surface area contributed by atoms with E-state index in [0.717, 1.165) is 29.8 Å². The number of alkyl halides is 3. The minimum Gasteiger partial charge on any atom is -0.481 e. The van der Waals surface area contributed by atoms with Crippen molar-refractivity contribution in [3.63, 3.8) is 0 Å². The van der Waals surface area contributed by atoms with Gasteiger partial charge in [-0.15, -0.1) is 0 Å². The van der Waals surface area contributed by atoms with Gasteiger partial charge in [-0.05, 0) is 66.6 Å². The van der Waals surface area contributed by atoms with Gasteiger partial charge in [-0.3, -0.25) is 4.79 Å². The van der Waals surface area contributed by atoms with Crippen molar-refractivity contribution in [2.45, 2.75) is 57.5 Å². The summed E-state index contributed by atoms with van der Waals surface area (Å²) in [6, 6.07) is 7.55. The second-order valence-electron chi connectivity index (χ2n) is 8.25. The monoisotopic (exact) mass is 431 g/mol. The molecule has 0 bridgehead atoms. The van der Waals surface area contributed by atoms with Crippen LogP contribution >= 0.6 is 0 Å². The van der Waals surface area contributed by atoms with Crippen molar-refractivity contribution in [3.8, 4) is 11.5 Å². The molecule has 1 aromatic heterocycles. The second-order valence-corrected chi connectivity index (χ2v) is 8.25. The Morgan fingerprint density at radius 1 is 1.16 bits per heavy atom. The first-order valence-electron chi connectivity index (χ1n) is 10.4. The van der Waals surface area contributed by atoms with E-state index in [2.05, 4.69) is 4.98 Å². The molecule has 1 fully saturated rings. The highest BCUT2D eigenvalue weighted by molar-refractivity contribution is 5.85. The van der Waals surface area contributed by atoms with Crippen LogP contribution in [0.1, 0.15) is 60.3 Å². The van der Waals surface area contributed by atoms with Gasteiger partial charge in [0.25, 0.3) is 0 Å². The molecule has 31 heavy (non-hydrogen) atoms. The maximum absolute atomic E-state index is 13.7. The number of aromatic amines is 1. The molecule has 0 aliphatic heterocycles. The van der Waals surface area contributed by atoms with E-state index in [1.807, 2.05) is 12.3 Å². The van der Waals surface area contributed by atoms with E-state index >= 15 is 0 Å². The van der Waals surface area contributed by atoms with Crippen molar-refractivity contribution < 1.29 is 27.8 Å². The Morgan fingerprint density at radius 2 is 1.90 bits per heavy atom. The van der Waals surface area contributed by atoms with E-state index in [1.54, 1.807) is 12.1 Å². The summed E-state index contributed by atoms with van der Waals surface area (Å²) in [5.74, 6) is -0.714. The molecule has 7 heteroatoms. The average Bonchev–Trinajstić information content (AvgIpc) is 3.12. The van der Waals surface area contributed by atoms with Crippen molar-refractivity contribution in [1.82, 2.24) is 4.98 Å². The summed E-state index contributed by atoms with van der Waals surface area (Å²) in [6.45, 7) is 1.50. The number of hydrogen-bond acceptors (Lipinski definition) is 2. The van der Waals surface area contributed by atoms with Crippen LogP contribution in [0.5, 0.6) is 11.5 Å². The normalized spacial score (nSPS) is 15.4. The fraction of sp³-hybridized carbons (Fsp3) is 0.375. The number of H-pyrrole nitrogens is 1. The van der Waals surface area contributed by atoms with Crippen LogP contribution in [0, 0.1) is 6.92 Å². The molecule has 4 nitrogen and oxygen atoms in total. The maximum atomic E-state index is 13.7. The fourth-order valence-electron chi connectivity index (χ4n) is 4.53. The molecular weight excluding hydrogens is 407 g/mol. The highest BCUT2D eigenvalue weighted by Gasteiger charge is 2.36. The molecule has 0 spiro atoms. The van der Waals surface area contributed by atoms with E-state index < -0.39 is 24.1 Å². The van der Waals surface area contributed by atoms with Gasteiger partial charge >= 0.3 is 12.1 Å². The van der Waals surface area contributed by atoms with E-state index in [0.29, 0.717) is 11.7 Å². The number of carboxylic acids is 1. The molecular formula is C24H24F3NO3. The van der Waals surface area contributed by atoms with Gasteiger partial charge in [-0.25, -0.2) is 0 Å². The number of fused-ring (bicyclic) bond motifs is 1. The second kappa shape index (κ2) is 8.29. The van der Waals surface area contributed by atoms with Crippen molar-refractivity contribution in [2.24, 2.45) is 0 Å². The molecule has 164 valence electrons. The summed E-state index contributed by atoms with van der Waals surface area (Å²) >= 11 is 0. The van der Waals surface area contributed by atoms with Gasteiger partial charge in [0.05, 0.1) is 12.0 Å². The Hall–Kier alpha value is -2.96. The van der Waals surface area contributed by atoms with Crippen LogP contribution in [-0.4, -0.2) is 16.1 Å². The Bertz CT molecular complexity index is 1110. The van der Waals surface area contributed by atoms with E-state index in [1.165, 1.54) is 37.8 Å². The number of benzene rings is 2. The predicted octanol–water partition coefficient (Wildman–Crippen LogP) is 6.96. The number of carboxylic acid groups (broad SMARTS) is 1. The van der Waals surface area contributed by atoms with Gasteiger partial charge in [-0.1, -0.05) is 25.3 Å². The van der Waals surface area contributed by atoms with E-state index in [9.17, 15) is 18.0 Å². The third-order valence-corrected chi connectivity index (χ3v) is 5.95. The number of ether oxygens (including phenoxy) is 1. The molecule has 0 unspecified atom stereocenters. The summed E-state index contributed by atoms with van der Waals surface area (Å²) in [5.41, 5.74) is 1.48. The Kier molecular flexibility index (Phi) is 5.69. The first kappa shape index (κ1) is 21.3. The van der Waals surface area contributed by atoms with E-state index in [-0.39, 0.29) is 16.9 Å². The molecule has 4 rings (SSSR count). The van der Waals surface area contributed by atoms with Gasteiger partial charge in [0, 0.05) is 17.1 Å². The van der Waals surface area contributed by atoms with Crippen molar-refractivity contribution in [3.05, 3.63) is 58.8 Å². The highest BCUT2D eigenvalue weighted by atomic mass is 19.4. The van der Waals surface area contributed by atoms with Gasteiger partial charge in [0.1, 0.15) is 11.5 Å². The minimum absolute atomic E-state index is 0.0883. The summed E-state index contributed by atoms with van der Waals surface area (Å²) in [4.78, 5) is 14.2. The standard InChI is InChI=1S/C24H24F3NO3/c1-14-9-15(11-22(29)30)10-20(24(25,26)27)23(14)31-17-7-8-21-18(12-17)19(13-28-21)16-5-3-2-4-6-16/h7-10,12-13,16,28H,2-6,11H2,1H3,(H,29,30). The van der Waals surface area contributed by atoms with Gasteiger partial charge in [0.2, 0.25) is 0 Å². The summed E-state index contributed by atoms with van der Waals surface area (Å²) < 4.78 is 46.9. The molecule has 1 heterocycles. The Labute approximate surface area is 178 Å². The predicted molar refractivity (Wildman–Crippen MR) is 112 cm³/mol. The molecule has 0 amide bonds. The van der Waals surface area contributed by atoms with Crippen molar-refractivity contribution in [2.75, 3.05) is 0 Å². The number of halogens is 3. The molecule has 2 aromatic carbocycles. The van der Waals surface area contributed by atoms with Gasteiger partial charge < -0.3 is 14.8 Å². The number of hydrogen-bond donors (Lipinski definition) is 2. The van der Waals surface area contributed by atoms with Gasteiger partial charge in [0.15, 0.2) is 0 Å². The molecule has 0 radical (unpaired) electrons. The highest BCUT2D eigenvalue weighted by Crippen LogP contribution is 2.42. The average molecular weight is 431 g/mol. The summed E-state index contributed by atoms with van der Waals surface area (Å²) in [7, 11) is 0. The zero-order chi connectivity index (χ0) is 22.2. The molecule has 1 saturated carbocycles. The third kappa shape index (κ3) is 4.55. The Balaban J connectivity index is 1.72. The molecule has 0 atom stereocenters. The van der Waals surface area contributed by atoms with Crippen LogP contribution in [0.3, 0.4) is 0 Å². The Morgan fingerprint density at radius 3 is 2.58 bits per heavy atom. The number of aromatic nitrogens is 1. The van der Waals surface area contributed by atoms with Crippen LogP contribution in [0.4, 0.5) is 13.2 Å². The largest absolute Gasteiger partial charge is 0.481 e. The lowest BCUT2D eigenvalue weighted by Crippen LogP contribution is -2.11. The quantitative estimate of drug-likeness (QED) is 0.459. The lowest BCUT2D eigenvalue weighted by molar-refractivity contribution is -0.139. The van der Waals surface area contributed by atoms with Crippen molar-refractivity contribution >= 4 is 16.9 Å². The lowest BCUT2D eigenvalue weighted by atomic mass is 9.84. The van der Waals surface area contributed by atoms with Crippen LogP contribution < -0.4 is 4.74 Å². The number of nitrogens with one attached hydrogen (secondary N) is 1. The number of aliphatic carboxylic acids is 1. The lowest BCUT2D eigenvalue weighted by Gasteiger charge is -2.21. The SMILES string of the molecule is Cc1cc(CC(=O)O)cc(C(F)(F)F)c1Oc1ccc2[nH]cc(C3CCCCC3)c2c1. The fourth-order valence-corrected chi connectivity index (χ4v) is 4.53. The summed E-state index contributed by atoms with van der Waals surface area (Å²) in [5, 5.41) is 9.92. The molecule has 1 aliphatic carbocycles. The molecule has 1 aliphatic rings. The topological polar surface area (TPSA) is 62.3 Å². The van der Waals surface area contributed by atoms with Crippen LogP contribution in [0.15, 0.2) is 36.5 Å². The maximum Gasteiger partial charge on any atom is 0.420 e. The number of rotatable bonds is 5. The number of aryl methyl sites for hydroxylation is 1. The van der Waals surface area contributed by atoms with E-state index in [4.69, 9.17) is 9.84 Å². The van der Waals surface area contributed by atoms with Gasteiger partial charge in [-0.2, -0.15) is 13.2 Å². The van der Waals surface area contributed by atoms with Crippen molar-refractivity contribution in [1.29, 1.82) is 0 Å². The number of carbonyl (C=O) groups is 1. The first-order chi connectivity index (χ1) is 14.7. The first-order valence-corrected chi connectivity index (χ1v) is 10.4. The zero-order valence-corrected chi connectivity index (χ0v) is 17.2. The zero-order valence-electron chi connectivity index (χ0n) is 17.2.